The molecule has 2 unspecified atom stereocenters. The summed E-state index contributed by atoms with van der Waals surface area (Å²) in [5, 5.41) is 7.05. The molecule has 1 aliphatic heterocycles. The van der Waals surface area contributed by atoms with Crippen LogP contribution < -0.4 is 24.8 Å². The van der Waals surface area contributed by atoms with Crippen LogP contribution in [-0.4, -0.2) is 64.9 Å². The van der Waals surface area contributed by atoms with Crippen LogP contribution in [0, 0.1) is 0 Å². The van der Waals surface area contributed by atoms with Gasteiger partial charge in [0.1, 0.15) is 17.2 Å². The van der Waals surface area contributed by atoms with E-state index >= 15 is 0 Å². The topological polar surface area (TPSA) is 67.4 Å². The van der Waals surface area contributed by atoms with Crippen LogP contribution in [0.15, 0.2) is 47.5 Å². The molecule has 1 aliphatic rings. The molecule has 33 heavy (non-hydrogen) atoms. The first kappa shape index (κ1) is 27.0. The Hall–Kier alpha value is -2.20. The third-order valence-electron chi connectivity index (χ3n) is 5.90. The molecule has 3 rings (SSSR count). The lowest BCUT2D eigenvalue weighted by Gasteiger charge is -2.21. The highest BCUT2D eigenvalue weighted by Gasteiger charge is 2.24. The van der Waals surface area contributed by atoms with Gasteiger partial charge in [0, 0.05) is 51.3 Å². The number of likely N-dealkylation sites (tertiary alicyclic amines) is 1. The van der Waals surface area contributed by atoms with Gasteiger partial charge in [-0.25, -0.2) is 0 Å². The van der Waals surface area contributed by atoms with Crippen molar-refractivity contribution in [3.05, 3.63) is 53.6 Å². The van der Waals surface area contributed by atoms with Gasteiger partial charge in [0.25, 0.3) is 0 Å². The van der Waals surface area contributed by atoms with E-state index in [-0.39, 0.29) is 24.0 Å². The fourth-order valence-electron chi connectivity index (χ4n) is 4.13. The third-order valence-corrected chi connectivity index (χ3v) is 5.90. The number of ether oxygens (including phenoxy) is 3. The van der Waals surface area contributed by atoms with E-state index in [0.29, 0.717) is 12.0 Å². The van der Waals surface area contributed by atoms with Crippen LogP contribution >= 0.6 is 24.0 Å². The molecule has 0 saturated carbocycles. The van der Waals surface area contributed by atoms with Gasteiger partial charge in [0.2, 0.25) is 0 Å². The van der Waals surface area contributed by atoms with Gasteiger partial charge < -0.3 is 24.8 Å². The predicted molar refractivity (Wildman–Crippen MR) is 145 cm³/mol. The van der Waals surface area contributed by atoms with Gasteiger partial charge in [0.15, 0.2) is 5.96 Å². The van der Waals surface area contributed by atoms with Gasteiger partial charge in [-0.1, -0.05) is 25.1 Å². The highest BCUT2D eigenvalue weighted by Crippen LogP contribution is 2.26. The average Bonchev–Trinajstić information content (AvgIpc) is 3.27. The Kier molecular flexibility index (Phi) is 11.1. The minimum Gasteiger partial charge on any atom is -0.497 e. The van der Waals surface area contributed by atoms with Crippen molar-refractivity contribution in [3.63, 3.8) is 0 Å². The normalized spacial score (nSPS) is 17.1. The van der Waals surface area contributed by atoms with Crippen LogP contribution in [-0.2, 0) is 6.54 Å². The van der Waals surface area contributed by atoms with E-state index in [9.17, 15) is 0 Å². The van der Waals surface area contributed by atoms with Crippen LogP contribution in [0.1, 0.15) is 30.4 Å². The first-order chi connectivity index (χ1) is 15.6. The average molecular weight is 569 g/mol. The lowest BCUT2D eigenvalue weighted by Crippen LogP contribution is -2.45. The quantitative estimate of drug-likeness (QED) is 0.272. The highest BCUT2D eigenvalue weighted by molar-refractivity contribution is 14.0. The Bertz CT molecular complexity index is 887. The second-order valence-electron chi connectivity index (χ2n) is 8.18. The van der Waals surface area contributed by atoms with E-state index in [1.165, 1.54) is 11.1 Å². The molecular weight excluding hydrogens is 531 g/mol. The number of nitrogens with zero attached hydrogens (tertiary/aromatic N) is 2. The largest absolute Gasteiger partial charge is 0.497 e. The van der Waals surface area contributed by atoms with E-state index in [4.69, 9.17) is 14.2 Å². The summed E-state index contributed by atoms with van der Waals surface area (Å²) in [4.78, 5) is 6.87. The Morgan fingerprint density at radius 1 is 1.09 bits per heavy atom. The smallest absolute Gasteiger partial charge is 0.191 e. The summed E-state index contributed by atoms with van der Waals surface area (Å²) >= 11 is 0. The summed E-state index contributed by atoms with van der Waals surface area (Å²) in [7, 11) is 6.90. The standard InChI is InChI=1S/C25H36N4O3.HI/c1-18(23-8-6-7-9-24(23)32-5)15-27-25(26-2)28-20-10-11-29(17-20)16-19-12-21(30-3)14-22(13-19)31-4;/h6-9,12-14,18,20H,10-11,15-17H2,1-5H3,(H2,26,27,28);1H. The van der Waals surface area contributed by atoms with Crippen LogP contribution in [0.2, 0.25) is 0 Å². The zero-order chi connectivity index (χ0) is 22.9. The van der Waals surface area contributed by atoms with Crippen molar-refractivity contribution < 1.29 is 14.2 Å². The minimum atomic E-state index is 0. The SMILES string of the molecule is CN=C(NCC(C)c1ccccc1OC)NC1CCN(Cc2cc(OC)cc(OC)c2)C1.I. The van der Waals surface area contributed by atoms with Crippen molar-refractivity contribution in [1.82, 2.24) is 15.5 Å². The third kappa shape index (κ3) is 7.67. The molecule has 1 saturated heterocycles. The summed E-state index contributed by atoms with van der Waals surface area (Å²) < 4.78 is 16.3. The molecule has 2 aromatic carbocycles. The Labute approximate surface area is 214 Å². The van der Waals surface area contributed by atoms with Crippen molar-refractivity contribution in [3.8, 4) is 17.2 Å². The highest BCUT2D eigenvalue weighted by atomic mass is 127. The molecule has 182 valence electrons. The van der Waals surface area contributed by atoms with Crippen LogP contribution in [0.4, 0.5) is 0 Å². The summed E-state index contributed by atoms with van der Waals surface area (Å²) in [5.41, 5.74) is 2.38. The maximum absolute atomic E-state index is 5.50. The summed E-state index contributed by atoms with van der Waals surface area (Å²) in [6, 6.07) is 14.6. The number of benzene rings is 2. The molecule has 0 spiro atoms. The summed E-state index contributed by atoms with van der Waals surface area (Å²) in [5.74, 6) is 3.70. The minimum absolute atomic E-state index is 0. The van der Waals surface area contributed by atoms with Crippen LogP contribution in [0.25, 0.3) is 0 Å². The van der Waals surface area contributed by atoms with E-state index in [1.54, 1.807) is 21.3 Å². The van der Waals surface area contributed by atoms with E-state index in [2.05, 4.69) is 45.6 Å². The molecule has 1 heterocycles. The number of nitrogens with one attached hydrogen (secondary N) is 2. The zero-order valence-electron chi connectivity index (χ0n) is 20.3. The maximum atomic E-state index is 5.50. The van der Waals surface area contributed by atoms with E-state index in [1.807, 2.05) is 31.3 Å². The monoisotopic (exact) mass is 568 g/mol. The fourth-order valence-corrected chi connectivity index (χ4v) is 4.13. The molecule has 0 radical (unpaired) electrons. The van der Waals surface area contributed by atoms with Gasteiger partial charge in [0.05, 0.1) is 21.3 Å². The second-order valence-corrected chi connectivity index (χ2v) is 8.18. The number of guanidine groups is 1. The van der Waals surface area contributed by atoms with Gasteiger partial charge >= 0.3 is 0 Å². The lowest BCUT2D eigenvalue weighted by atomic mass is 10.0. The van der Waals surface area contributed by atoms with Gasteiger partial charge in [-0.05, 0) is 35.7 Å². The van der Waals surface area contributed by atoms with Crippen molar-refractivity contribution in [2.24, 2.45) is 4.99 Å². The first-order valence-electron chi connectivity index (χ1n) is 11.1. The van der Waals surface area contributed by atoms with Gasteiger partial charge in [-0.15, -0.1) is 24.0 Å². The molecule has 2 atom stereocenters. The summed E-state index contributed by atoms with van der Waals surface area (Å²) in [6.07, 6.45) is 1.07. The number of hydrogen-bond acceptors (Lipinski definition) is 5. The molecule has 0 aliphatic carbocycles. The number of methoxy groups -OCH3 is 3. The van der Waals surface area contributed by atoms with Crippen LogP contribution in [0.3, 0.4) is 0 Å². The number of hydrogen-bond donors (Lipinski definition) is 2. The Morgan fingerprint density at radius 2 is 1.79 bits per heavy atom. The Balaban J connectivity index is 0.00000385. The van der Waals surface area contributed by atoms with Crippen molar-refractivity contribution in [1.29, 1.82) is 0 Å². The summed E-state index contributed by atoms with van der Waals surface area (Å²) in [6.45, 7) is 5.83. The second kappa shape index (κ2) is 13.5. The van der Waals surface area contributed by atoms with E-state index < -0.39 is 0 Å². The molecule has 0 amide bonds. The van der Waals surface area contributed by atoms with E-state index in [0.717, 1.165) is 55.8 Å². The molecular formula is C25H37IN4O3. The molecule has 2 N–H and O–H groups in total. The van der Waals surface area contributed by atoms with Crippen LogP contribution in [0.5, 0.6) is 17.2 Å². The number of aliphatic imine (C=N–C) groups is 1. The lowest BCUT2D eigenvalue weighted by molar-refractivity contribution is 0.321. The molecule has 8 heteroatoms. The Morgan fingerprint density at radius 3 is 2.42 bits per heavy atom. The van der Waals surface area contributed by atoms with Crippen molar-refractivity contribution in [2.75, 3.05) is 48.0 Å². The molecule has 0 aromatic heterocycles. The molecule has 1 fully saturated rings. The zero-order valence-corrected chi connectivity index (χ0v) is 22.6. The number of halogens is 1. The molecule has 7 nitrogen and oxygen atoms in total. The maximum Gasteiger partial charge on any atom is 0.191 e. The number of para-hydroxylation sites is 1. The molecule has 0 bridgehead atoms. The van der Waals surface area contributed by atoms with Crippen molar-refractivity contribution >= 4 is 29.9 Å². The van der Waals surface area contributed by atoms with Gasteiger partial charge in [-0.2, -0.15) is 0 Å². The number of rotatable bonds is 9. The molecule has 2 aromatic rings. The van der Waals surface area contributed by atoms with Crippen molar-refractivity contribution in [2.45, 2.75) is 31.8 Å². The first-order valence-corrected chi connectivity index (χ1v) is 11.1. The fraction of sp³-hybridized carbons (Fsp3) is 0.480. The predicted octanol–water partition coefficient (Wildman–Crippen LogP) is 3.87. The van der Waals surface area contributed by atoms with Gasteiger partial charge in [-0.3, -0.25) is 9.89 Å².